The highest BCUT2D eigenvalue weighted by Gasteiger charge is 2.09. The summed E-state index contributed by atoms with van der Waals surface area (Å²) in [7, 11) is 0. The van der Waals surface area contributed by atoms with Gasteiger partial charge in [0.05, 0.1) is 0 Å². The Balaban J connectivity index is 2.43. The summed E-state index contributed by atoms with van der Waals surface area (Å²) in [6, 6.07) is 0. The second-order valence-electron chi connectivity index (χ2n) is 2.54. The van der Waals surface area contributed by atoms with Crippen LogP contribution in [0.2, 0.25) is 0 Å². The zero-order chi connectivity index (χ0) is 7.68. The van der Waals surface area contributed by atoms with E-state index in [4.69, 9.17) is 0 Å². The first-order valence-corrected chi connectivity index (χ1v) is 4.41. The number of hydrogen-bond donors (Lipinski definition) is 1. The molecule has 0 radical (unpaired) electrons. The van der Waals surface area contributed by atoms with E-state index >= 15 is 0 Å². The summed E-state index contributed by atoms with van der Waals surface area (Å²) in [4.78, 5) is 8.27. The fraction of sp³-hybridized carbons (Fsp3) is 0.429. The maximum Gasteiger partial charge on any atom is 0.198 e. The van der Waals surface area contributed by atoms with Gasteiger partial charge in [0, 0.05) is 18.3 Å². The third-order valence-corrected chi connectivity index (χ3v) is 2.13. The molecular formula is C7H8BrN3. The van der Waals surface area contributed by atoms with E-state index in [-0.39, 0.29) is 0 Å². The predicted octanol–water partition coefficient (Wildman–Crippen LogP) is 1.60. The monoisotopic (exact) mass is 213 g/mol. The molecular weight excluding hydrogens is 206 g/mol. The summed E-state index contributed by atoms with van der Waals surface area (Å²) in [5.41, 5.74) is 1.22. The van der Waals surface area contributed by atoms with Gasteiger partial charge >= 0.3 is 0 Å². The van der Waals surface area contributed by atoms with Crippen LogP contribution < -0.4 is 5.32 Å². The van der Waals surface area contributed by atoms with Crippen LogP contribution in [0, 0.1) is 0 Å². The second-order valence-corrected chi connectivity index (χ2v) is 3.25. The van der Waals surface area contributed by atoms with Crippen molar-refractivity contribution in [3.05, 3.63) is 16.5 Å². The summed E-state index contributed by atoms with van der Waals surface area (Å²) < 4.78 is 0.658. The van der Waals surface area contributed by atoms with Crippen molar-refractivity contribution in [2.45, 2.75) is 12.8 Å². The molecule has 1 aliphatic heterocycles. The molecule has 0 aromatic carbocycles. The zero-order valence-electron chi connectivity index (χ0n) is 5.97. The first kappa shape index (κ1) is 7.03. The Morgan fingerprint density at radius 2 is 2.45 bits per heavy atom. The first-order valence-electron chi connectivity index (χ1n) is 3.61. The molecule has 0 amide bonds. The van der Waals surface area contributed by atoms with E-state index in [1.165, 1.54) is 12.0 Å². The van der Waals surface area contributed by atoms with Crippen molar-refractivity contribution >= 4 is 21.7 Å². The van der Waals surface area contributed by atoms with Crippen LogP contribution in [0.4, 0.5) is 5.82 Å². The van der Waals surface area contributed by atoms with Gasteiger partial charge in [-0.1, -0.05) is 0 Å². The highest BCUT2D eigenvalue weighted by atomic mass is 79.9. The molecule has 1 N–H and O–H groups in total. The molecule has 11 heavy (non-hydrogen) atoms. The van der Waals surface area contributed by atoms with Crippen LogP contribution in [0.3, 0.4) is 0 Å². The van der Waals surface area contributed by atoms with Crippen molar-refractivity contribution in [2.24, 2.45) is 0 Å². The lowest BCUT2D eigenvalue weighted by atomic mass is 10.1. The van der Waals surface area contributed by atoms with Crippen LogP contribution in [0.5, 0.6) is 0 Å². The minimum Gasteiger partial charge on any atom is -0.370 e. The number of nitrogens with zero attached hydrogens (tertiary/aromatic N) is 2. The van der Waals surface area contributed by atoms with E-state index in [9.17, 15) is 0 Å². The average Bonchev–Trinajstić information content (AvgIpc) is 2.04. The number of aryl methyl sites for hydroxylation is 1. The van der Waals surface area contributed by atoms with E-state index in [1.807, 2.05) is 6.20 Å². The molecule has 0 saturated carbocycles. The maximum absolute atomic E-state index is 4.21. The SMILES string of the molecule is Brc1ncc2c(n1)NCCC2. The van der Waals surface area contributed by atoms with Crippen LogP contribution in [0.1, 0.15) is 12.0 Å². The molecule has 0 bridgehead atoms. The van der Waals surface area contributed by atoms with Crippen LogP contribution in [-0.4, -0.2) is 16.5 Å². The topological polar surface area (TPSA) is 37.8 Å². The Morgan fingerprint density at radius 3 is 3.36 bits per heavy atom. The van der Waals surface area contributed by atoms with Crippen LogP contribution in [0.25, 0.3) is 0 Å². The van der Waals surface area contributed by atoms with Crippen molar-refractivity contribution in [1.29, 1.82) is 0 Å². The van der Waals surface area contributed by atoms with Gasteiger partial charge in [-0.3, -0.25) is 0 Å². The van der Waals surface area contributed by atoms with Gasteiger partial charge in [-0.15, -0.1) is 0 Å². The quantitative estimate of drug-likeness (QED) is 0.666. The van der Waals surface area contributed by atoms with Crippen molar-refractivity contribution in [3.8, 4) is 0 Å². The third kappa shape index (κ3) is 1.35. The molecule has 1 aromatic rings. The van der Waals surface area contributed by atoms with E-state index in [2.05, 4.69) is 31.2 Å². The lowest BCUT2D eigenvalue weighted by Crippen LogP contribution is -2.13. The van der Waals surface area contributed by atoms with Gasteiger partial charge in [0.25, 0.3) is 0 Å². The Hall–Kier alpha value is -0.640. The highest BCUT2D eigenvalue weighted by molar-refractivity contribution is 9.10. The molecule has 3 nitrogen and oxygen atoms in total. The van der Waals surface area contributed by atoms with Crippen molar-refractivity contribution < 1.29 is 0 Å². The first-order chi connectivity index (χ1) is 5.36. The summed E-state index contributed by atoms with van der Waals surface area (Å²) >= 11 is 3.23. The van der Waals surface area contributed by atoms with Gasteiger partial charge in [-0.2, -0.15) is 0 Å². The van der Waals surface area contributed by atoms with Crippen LogP contribution in [-0.2, 0) is 6.42 Å². The van der Waals surface area contributed by atoms with Crippen molar-refractivity contribution in [3.63, 3.8) is 0 Å². The second kappa shape index (κ2) is 2.77. The molecule has 0 saturated heterocycles. The van der Waals surface area contributed by atoms with Gasteiger partial charge in [0.2, 0.25) is 0 Å². The minimum atomic E-state index is 0.658. The number of rotatable bonds is 0. The molecule has 2 heterocycles. The van der Waals surface area contributed by atoms with E-state index in [1.54, 1.807) is 0 Å². The third-order valence-electron chi connectivity index (χ3n) is 1.75. The molecule has 0 unspecified atom stereocenters. The fourth-order valence-electron chi connectivity index (χ4n) is 1.21. The fourth-order valence-corrected chi connectivity index (χ4v) is 1.49. The number of anilines is 1. The van der Waals surface area contributed by atoms with Gasteiger partial charge in [0.15, 0.2) is 4.73 Å². The summed E-state index contributed by atoms with van der Waals surface area (Å²) in [5, 5.41) is 3.22. The molecule has 58 valence electrons. The summed E-state index contributed by atoms with van der Waals surface area (Å²) in [6.07, 6.45) is 4.15. The molecule has 4 heteroatoms. The number of aromatic nitrogens is 2. The zero-order valence-corrected chi connectivity index (χ0v) is 7.56. The molecule has 0 aliphatic carbocycles. The molecule has 0 fully saturated rings. The average molecular weight is 214 g/mol. The molecule has 0 spiro atoms. The van der Waals surface area contributed by atoms with Gasteiger partial charge in [-0.05, 0) is 28.8 Å². The number of hydrogen-bond acceptors (Lipinski definition) is 3. The Morgan fingerprint density at radius 1 is 1.55 bits per heavy atom. The molecule has 0 atom stereocenters. The number of halogens is 1. The molecule has 1 aliphatic rings. The van der Waals surface area contributed by atoms with Crippen molar-refractivity contribution in [1.82, 2.24) is 9.97 Å². The van der Waals surface area contributed by atoms with Crippen LogP contribution in [0.15, 0.2) is 10.9 Å². The summed E-state index contributed by atoms with van der Waals surface area (Å²) in [6.45, 7) is 1.02. The maximum atomic E-state index is 4.21. The minimum absolute atomic E-state index is 0.658. The largest absolute Gasteiger partial charge is 0.370 e. The number of nitrogens with one attached hydrogen (secondary N) is 1. The van der Waals surface area contributed by atoms with Crippen LogP contribution >= 0.6 is 15.9 Å². The molecule has 2 rings (SSSR count). The Bertz CT molecular complexity index is 274. The lowest BCUT2D eigenvalue weighted by Gasteiger charge is -2.15. The smallest absolute Gasteiger partial charge is 0.198 e. The summed E-state index contributed by atoms with van der Waals surface area (Å²) in [5.74, 6) is 0.984. The van der Waals surface area contributed by atoms with Gasteiger partial charge in [-0.25, -0.2) is 9.97 Å². The lowest BCUT2D eigenvalue weighted by molar-refractivity contribution is 0.804. The van der Waals surface area contributed by atoms with E-state index in [0.29, 0.717) is 4.73 Å². The number of fused-ring (bicyclic) bond motifs is 1. The van der Waals surface area contributed by atoms with Gasteiger partial charge in [0.1, 0.15) is 5.82 Å². The molecule has 1 aromatic heterocycles. The Labute approximate surface area is 73.4 Å². The predicted molar refractivity (Wildman–Crippen MR) is 46.5 cm³/mol. The standard InChI is InChI=1S/C7H8BrN3/c8-7-10-4-5-2-1-3-9-6(5)11-7/h4H,1-3H2,(H,9,10,11). The van der Waals surface area contributed by atoms with Gasteiger partial charge < -0.3 is 5.32 Å². The van der Waals surface area contributed by atoms with Crippen molar-refractivity contribution in [2.75, 3.05) is 11.9 Å². The normalized spacial score (nSPS) is 15.4. The Kier molecular flexibility index (Phi) is 1.77. The van der Waals surface area contributed by atoms with E-state index in [0.717, 1.165) is 18.8 Å². The van der Waals surface area contributed by atoms with E-state index < -0.39 is 0 Å². The highest BCUT2D eigenvalue weighted by Crippen LogP contribution is 2.19.